The van der Waals surface area contributed by atoms with Crippen LogP contribution in [0, 0.1) is 22.7 Å². The minimum atomic E-state index is -4.33. The number of fused-ring (bicyclic) bond motifs is 8. The van der Waals surface area contributed by atoms with Crippen molar-refractivity contribution in [2.45, 2.75) is 20.0 Å². The summed E-state index contributed by atoms with van der Waals surface area (Å²) in [6, 6.07) is 65.0. The summed E-state index contributed by atoms with van der Waals surface area (Å²) in [6.45, 7) is 4.00. The molecular formula is C57H39F3N4. The van der Waals surface area contributed by atoms with Gasteiger partial charge in [0.25, 0.3) is 0 Å². The van der Waals surface area contributed by atoms with Crippen LogP contribution in [0.4, 0.5) is 13.2 Å². The third kappa shape index (κ3) is 7.50. The molecule has 7 heteroatoms. The van der Waals surface area contributed by atoms with E-state index in [4.69, 9.17) is 0 Å². The van der Waals surface area contributed by atoms with Gasteiger partial charge in [0.1, 0.15) is 0 Å². The van der Waals surface area contributed by atoms with E-state index >= 15 is 0 Å². The van der Waals surface area contributed by atoms with Crippen LogP contribution >= 0.6 is 0 Å². The van der Waals surface area contributed by atoms with Crippen molar-refractivity contribution in [1.82, 2.24) is 9.13 Å². The molecule has 11 rings (SSSR count). The van der Waals surface area contributed by atoms with Crippen LogP contribution in [-0.2, 0) is 6.18 Å². The number of benzene rings is 9. The summed E-state index contributed by atoms with van der Waals surface area (Å²) in [5, 5.41) is 27.4. The Bertz CT molecular complexity index is 3530. The number of rotatable bonds is 3. The van der Waals surface area contributed by atoms with E-state index in [0.717, 1.165) is 61.0 Å². The number of nitrogens with zero attached hydrogens (tertiary/aromatic N) is 4. The molecule has 0 amide bonds. The summed E-state index contributed by atoms with van der Waals surface area (Å²) in [7, 11) is 0. The zero-order chi connectivity index (χ0) is 44.4. The van der Waals surface area contributed by atoms with E-state index in [1.807, 2.05) is 68.5 Å². The maximum Gasteiger partial charge on any atom is 0.416 e. The maximum atomic E-state index is 13.0. The Morgan fingerprint density at radius 1 is 0.422 bits per heavy atom. The molecule has 0 bridgehead atoms. The van der Waals surface area contributed by atoms with Crippen molar-refractivity contribution in [1.29, 1.82) is 10.5 Å². The number of alkyl halides is 3. The van der Waals surface area contributed by atoms with Crippen LogP contribution in [-0.4, -0.2) is 9.13 Å². The summed E-state index contributed by atoms with van der Waals surface area (Å²) >= 11 is 0. The maximum absolute atomic E-state index is 13.0. The van der Waals surface area contributed by atoms with Gasteiger partial charge in [0.2, 0.25) is 0 Å². The van der Waals surface area contributed by atoms with Gasteiger partial charge in [-0.3, -0.25) is 0 Å². The lowest BCUT2D eigenvalue weighted by atomic mass is 9.93. The molecule has 0 saturated carbocycles. The number of nitriles is 2. The number of hydrogen-bond donors (Lipinski definition) is 0. The molecule has 64 heavy (non-hydrogen) atoms. The Hall–Kier alpha value is -8.39. The van der Waals surface area contributed by atoms with Gasteiger partial charge in [0.05, 0.1) is 50.9 Å². The van der Waals surface area contributed by atoms with Gasteiger partial charge >= 0.3 is 6.18 Å². The average molecular weight is 837 g/mol. The first-order chi connectivity index (χ1) is 31.2. The molecule has 0 radical (unpaired) electrons. The van der Waals surface area contributed by atoms with Crippen LogP contribution in [0.5, 0.6) is 0 Å². The van der Waals surface area contributed by atoms with Gasteiger partial charge < -0.3 is 9.13 Å². The zero-order valence-corrected chi connectivity index (χ0v) is 35.0. The third-order valence-corrected chi connectivity index (χ3v) is 11.6. The first-order valence-corrected chi connectivity index (χ1v) is 20.8. The highest BCUT2D eigenvalue weighted by Gasteiger charge is 2.30. The molecular weight excluding hydrogens is 798 g/mol. The summed E-state index contributed by atoms with van der Waals surface area (Å²) in [6.07, 6.45) is -0.334. The van der Waals surface area contributed by atoms with Crippen molar-refractivity contribution in [3.05, 3.63) is 217 Å². The van der Waals surface area contributed by atoms with E-state index in [9.17, 15) is 23.7 Å². The number of para-hydroxylation sites is 4. The normalized spacial score (nSPS) is 11.4. The van der Waals surface area contributed by atoms with Crippen LogP contribution in [0.25, 0.3) is 87.7 Å². The predicted molar refractivity (Wildman–Crippen MR) is 257 cm³/mol. The lowest BCUT2D eigenvalue weighted by molar-refractivity contribution is -0.137. The van der Waals surface area contributed by atoms with Crippen LogP contribution in [0.1, 0.15) is 30.5 Å². The van der Waals surface area contributed by atoms with E-state index in [0.29, 0.717) is 22.1 Å². The topological polar surface area (TPSA) is 57.4 Å². The quantitative estimate of drug-likeness (QED) is 0.166. The van der Waals surface area contributed by atoms with Gasteiger partial charge in [-0.25, -0.2) is 0 Å². The second-order valence-corrected chi connectivity index (χ2v) is 15.3. The number of allylic oxidation sites excluding steroid dienone is 2. The molecule has 0 unspecified atom stereocenters. The van der Waals surface area contributed by atoms with Crippen molar-refractivity contribution >= 4 is 65.2 Å². The average Bonchev–Trinajstić information content (AvgIpc) is 3.86. The van der Waals surface area contributed by atoms with Crippen molar-refractivity contribution in [2.75, 3.05) is 0 Å². The molecule has 0 atom stereocenters. The molecule has 308 valence electrons. The molecule has 0 spiro atoms. The van der Waals surface area contributed by atoms with Gasteiger partial charge in [-0.1, -0.05) is 121 Å². The summed E-state index contributed by atoms with van der Waals surface area (Å²) in [5.74, 6) is 0. The number of aromatic nitrogens is 2. The van der Waals surface area contributed by atoms with E-state index < -0.39 is 11.7 Å². The first-order valence-electron chi connectivity index (χ1n) is 20.8. The van der Waals surface area contributed by atoms with Crippen molar-refractivity contribution in [3.8, 4) is 34.6 Å². The second kappa shape index (κ2) is 17.2. The summed E-state index contributed by atoms with van der Waals surface area (Å²) in [5.41, 5.74) is 8.49. The second-order valence-electron chi connectivity index (χ2n) is 15.3. The Labute approximate surface area is 368 Å². The predicted octanol–water partition coefficient (Wildman–Crippen LogP) is 15.9. The third-order valence-electron chi connectivity index (χ3n) is 11.6. The van der Waals surface area contributed by atoms with Crippen molar-refractivity contribution in [3.63, 3.8) is 0 Å². The summed E-state index contributed by atoms with van der Waals surface area (Å²) < 4.78 is 43.3. The highest BCUT2D eigenvalue weighted by atomic mass is 19.4. The van der Waals surface area contributed by atoms with Crippen LogP contribution < -0.4 is 0 Å². The number of halogens is 3. The van der Waals surface area contributed by atoms with Gasteiger partial charge in [-0.15, -0.1) is 0 Å². The van der Waals surface area contributed by atoms with Crippen molar-refractivity contribution in [2.24, 2.45) is 0 Å². The smallest absolute Gasteiger partial charge is 0.309 e. The molecule has 0 aliphatic carbocycles. The fourth-order valence-electron chi connectivity index (χ4n) is 8.53. The molecule has 0 N–H and O–H groups in total. The molecule has 0 fully saturated rings. The minimum Gasteiger partial charge on any atom is -0.309 e. The standard InChI is InChI=1S/C30H17N3.C23H14F3N.C4H8/c31-18-23-6-5-7-24(19-32)30(23)22-13-12-21-17-25(15-14-20(21)16-22)33-28-10-3-1-8-26(28)27-9-2-4-11-29(27)33;24-23(25,26)17-11-9-16-14-18(12-10-15(16)13-17)27-21-7-3-1-5-19(21)20-6-2-4-8-22(20)27;1-3-4-2/h1-17H;1-14H;3-4H,1-2H3/b;;4-3-. The Balaban J connectivity index is 0.000000152. The van der Waals surface area contributed by atoms with Crippen LogP contribution in [0.15, 0.2) is 200 Å². The highest BCUT2D eigenvalue weighted by Crippen LogP contribution is 2.37. The van der Waals surface area contributed by atoms with Gasteiger partial charge in [-0.05, 0) is 120 Å². The molecule has 0 aliphatic rings. The Morgan fingerprint density at radius 3 is 1.20 bits per heavy atom. The highest BCUT2D eigenvalue weighted by molar-refractivity contribution is 6.10. The molecule has 2 aromatic heterocycles. The Morgan fingerprint density at radius 2 is 0.797 bits per heavy atom. The van der Waals surface area contributed by atoms with Gasteiger partial charge in [-0.2, -0.15) is 23.7 Å². The lowest BCUT2D eigenvalue weighted by Crippen LogP contribution is -2.04. The van der Waals surface area contributed by atoms with Crippen LogP contribution in [0.2, 0.25) is 0 Å². The van der Waals surface area contributed by atoms with E-state index in [-0.39, 0.29) is 0 Å². The van der Waals surface area contributed by atoms with Crippen LogP contribution in [0.3, 0.4) is 0 Å². The monoisotopic (exact) mass is 836 g/mol. The molecule has 9 aromatic carbocycles. The SMILES string of the molecule is C/C=C\C.FC(F)(F)c1ccc2cc(-n3c4ccccc4c4ccccc43)ccc2c1.N#Cc1cccc(C#N)c1-c1ccc2cc(-n3c4ccccc4c4ccccc43)ccc2c1. The number of hydrogen-bond acceptors (Lipinski definition) is 2. The molecule has 0 saturated heterocycles. The van der Waals surface area contributed by atoms with E-state index in [1.165, 1.54) is 33.9 Å². The van der Waals surface area contributed by atoms with Gasteiger partial charge in [0, 0.05) is 38.5 Å². The van der Waals surface area contributed by atoms with Crippen molar-refractivity contribution < 1.29 is 13.2 Å². The van der Waals surface area contributed by atoms with E-state index in [2.05, 4.69) is 124 Å². The minimum absolute atomic E-state index is 0.510. The molecule has 4 nitrogen and oxygen atoms in total. The summed E-state index contributed by atoms with van der Waals surface area (Å²) in [4.78, 5) is 0. The fraction of sp³-hybridized carbons (Fsp3) is 0.0526. The zero-order valence-electron chi connectivity index (χ0n) is 35.0. The largest absolute Gasteiger partial charge is 0.416 e. The first kappa shape index (κ1) is 41.0. The van der Waals surface area contributed by atoms with E-state index in [1.54, 1.807) is 24.3 Å². The molecule has 2 heterocycles. The molecule has 0 aliphatic heterocycles. The van der Waals surface area contributed by atoms with Gasteiger partial charge in [0.15, 0.2) is 0 Å². The Kier molecular flexibility index (Phi) is 11.0. The fourth-order valence-corrected chi connectivity index (χ4v) is 8.53. The lowest BCUT2D eigenvalue weighted by Gasteiger charge is -2.11. The molecule has 11 aromatic rings.